The number of H-pyrrole nitrogens is 1. The van der Waals surface area contributed by atoms with Crippen molar-refractivity contribution in [3.8, 4) is 0 Å². The van der Waals surface area contributed by atoms with E-state index in [0.29, 0.717) is 19.0 Å². The van der Waals surface area contributed by atoms with Gasteiger partial charge in [-0.1, -0.05) is 6.92 Å². The zero-order valence-electron chi connectivity index (χ0n) is 14.2. The second-order valence-corrected chi connectivity index (χ2v) is 9.48. The molecule has 10 heteroatoms. The van der Waals surface area contributed by atoms with E-state index in [4.69, 9.17) is 0 Å². The van der Waals surface area contributed by atoms with Gasteiger partial charge in [-0.3, -0.25) is 4.79 Å². The molecule has 0 aliphatic carbocycles. The smallest absolute Gasteiger partial charge is 0.268 e. The Hall–Kier alpha value is -0.740. The standard InChI is InChI=1S/C15H24N4O3S2.ClH/c1-11-2-3-16-10-14(11)18-15(20)13-8-12(9-17-13)24(21,22)19-4-6-23-7-5-19;/h8-9,11,14,16-17H,2-7,10H2,1H3,(H,18,20);1H. The molecule has 0 saturated carbocycles. The zero-order valence-corrected chi connectivity index (χ0v) is 16.6. The van der Waals surface area contributed by atoms with Gasteiger partial charge in [0.25, 0.3) is 5.91 Å². The van der Waals surface area contributed by atoms with Crippen molar-refractivity contribution in [2.45, 2.75) is 24.3 Å². The fourth-order valence-electron chi connectivity index (χ4n) is 3.02. The quantitative estimate of drug-likeness (QED) is 0.688. The van der Waals surface area contributed by atoms with E-state index in [9.17, 15) is 13.2 Å². The molecule has 1 aromatic rings. The number of hydrogen-bond acceptors (Lipinski definition) is 5. The number of sulfonamides is 1. The third-order valence-electron chi connectivity index (χ3n) is 4.65. The number of aromatic nitrogens is 1. The number of piperidine rings is 1. The molecular weight excluding hydrogens is 384 g/mol. The van der Waals surface area contributed by atoms with Crippen LogP contribution in [0.25, 0.3) is 0 Å². The van der Waals surface area contributed by atoms with Gasteiger partial charge in [0.2, 0.25) is 10.0 Å². The van der Waals surface area contributed by atoms with E-state index in [1.165, 1.54) is 16.6 Å². The van der Waals surface area contributed by atoms with Crippen LogP contribution in [0, 0.1) is 5.92 Å². The van der Waals surface area contributed by atoms with E-state index in [1.807, 2.05) is 0 Å². The highest BCUT2D eigenvalue weighted by atomic mass is 35.5. The molecule has 142 valence electrons. The van der Waals surface area contributed by atoms with E-state index >= 15 is 0 Å². The first-order chi connectivity index (χ1) is 11.5. The Bertz CT molecular complexity index is 689. The molecule has 1 amide bonds. The Morgan fingerprint density at radius 2 is 2.08 bits per heavy atom. The predicted octanol–water partition coefficient (Wildman–Crippen LogP) is 0.902. The largest absolute Gasteiger partial charge is 0.356 e. The average Bonchev–Trinajstić information content (AvgIpc) is 3.09. The molecule has 7 nitrogen and oxygen atoms in total. The number of carbonyl (C=O) groups excluding carboxylic acids is 1. The van der Waals surface area contributed by atoms with Crippen LogP contribution in [-0.2, 0) is 10.0 Å². The third-order valence-corrected chi connectivity index (χ3v) is 7.47. The number of nitrogens with zero attached hydrogens (tertiary/aromatic N) is 1. The van der Waals surface area contributed by atoms with Crippen LogP contribution in [0.15, 0.2) is 17.2 Å². The molecule has 2 aliphatic rings. The molecule has 2 fully saturated rings. The number of amides is 1. The minimum Gasteiger partial charge on any atom is -0.356 e. The topological polar surface area (TPSA) is 94.3 Å². The van der Waals surface area contributed by atoms with Gasteiger partial charge in [0.15, 0.2) is 0 Å². The highest BCUT2D eigenvalue weighted by molar-refractivity contribution is 7.99. The number of thioether (sulfide) groups is 1. The van der Waals surface area contributed by atoms with Crippen molar-refractivity contribution in [2.24, 2.45) is 5.92 Å². The third kappa shape index (κ3) is 4.71. The first kappa shape index (κ1) is 20.6. The lowest BCUT2D eigenvalue weighted by Gasteiger charge is -2.30. The minimum absolute atomic E-state index is 0. The van der Waals surface area contributed by atoms with Crippen molar-refractivity contribution in [1.29, 1.82) is 0 Å². The van der Waals surface area contributed by atoms with Gasteiger partial charge in [0, 0.05) is 43.4 Å². The molecule has 0 bridgehead atoms. The summed E-state index contributed by atoms with van der Waals surface area (Å²) in [4.78, 5) is 15.4. The van der Waals surface area contributed by atoms with E-state index in [1.54, 1.807) is 11.8 Å². The van der Waals surface area contributed by atoms with Crippen LogP contribution in [0.5, 0.6) is 0 Å². The van der Waals surface area contributed by atoms with Gasteiger partial charge < -0.3 is 15.6 Å². The molecule has 2 aliphatic heterocycles. The fraction of sp³-hybridized carbons (Fsp3) is 0.667. The summed E-state index contributed by atoms with van der Waals surface area (Å²) < 4.78 is 26.7. The Morgan fingerprint density at radius 3 is 2.76 bits per heavy atom. The molecule has 2 atom stereocenters. The normalized spacial score (nSPS) is 25.2. The first-order valence-corrected chi connectivity index (χ1v) is 10.9. The van der Waals surface area contributed by atoms with Crippen LogP contribution in [-0.4, -0.2) is 67.3 Å². The first-order valence-electron chi connectivity index (χ1n) is 8.26. The van der Waals surface area contributed by atoms with Crippen LogP contribution in [0.4, 0.5) is 0 Å². The van der Waals surface area contributed by atoms with Crippen molar-refractivity contribution in [1.82, 2.24) is 19.9 Å². The fourth-order valence-corrected chi connectivity index (χ4v) is 5.59. The van der Waals surface area contributed by atoms with E-state index in [0.717, 1.165) is 31.0 Å². The Balaban J connectivity index is 0.00000225. The van der Waals surface area contributed by atoms with Gasteiger partial charge in [0.1, 0.15) is 10.6 Å². The van der Waals surface area contributed by atoms with Crippen molar-refractivity contribution in [3.63, 3.8) is 0 Å². The summed E-state index contributed by atoms with van der Waals surface area (Å²) in [7, 11) is -3.52. The van der Waals surface area contributed by atoms with Crippen LogP contribution in [0.3, 0.4) is 0 Å². The van der Waals surface area contributed by atoms with Gasteiger partial charge in [-0.25, -0.2) is 8.42 Å². The van der Waals surface area contributed by atoms with Crippen LogP contribution >= 0.6 is 24.2 Å². The molecule has 0 radical (unpaired) electrons. The van der Waals surface area contributed by atoms with Gasteiger partial charge in [-0.05, 0) is 24.9 Å². The predicted molar refractivity (Wildman–Crippen MR) is 102 cm³/mol. The Labute approximate surface area is 159 Å². The van der Waals surface area contributed by atoms with E-state index < -0.39 is 10.0 Å². The monoisotopic (exact) mass is 408 g/mol. The van der Waals surface area contributed by atoms with Crippen molar-refractivity contribution in [3.05, 3.63) is 18.0 Å². The number of carbonyl (C=O) groups is 1. The highest BCUT2D eigenvalue weighted by Crippen LogP contribution is 2.21. The Kier molecular flexibility index (Phi) is 7.21. The van der Waals surface area contributed by atoms with Gasteiger partial charge in [-0.2, -0.15) is 16.1 Å². The maximum absolute atomic E-state index is 12.6. The maximum Gasteiger partial charge on any atom is 0.268 e. The molecule has 3 heterocycles. The molecule has 0 aromatic carbocycles. The summed E-state index contributed by atoms with van der Waals surface area (Å²) >= 11 is 1.76. The highest BCUT2D eigenvalue weighted by Gasteiger charge is 2.29. The minimum atomic E-state index is -3.52. The molecule has 0 spiro atoms. The summed E-state index contributed by atoms with van der Waals surface area (Å²) in [5.74, 6) is 1.76. The summed E-state index contributed by atoms with van der Waals surface area (Å²) in [5, 5.41) is 6.25. The van der Waals surface area contributed by atoms with Crippen molar-refractivity contribution in [2.75, 3.05) is 37.7 Å². The van der Waals surface area contributed by atoms with Crippen molar-refractivity contribution < 1.29 is 13.2 Å². The van der Waals surface area contributed by atoms with E-state index in [2.05, 4.69) is 22.5 Å². The second-order valence-electron chi connectivity index (χ2n) is 6.32. The lowest BCUT2D eigenvalue weighted by molar-refractivity contribution is 0.0910. The summed E-state index contributed by atoms with van der Waals surface area (Å²) in [6.45, 7) is 4.86. The summed E-state index contributed by atoms with van der Waals surface area (Å²) in [6.07, 6.45) is 2.43. The molecule has 1 aromatic heterocycles. The molecular formula is C15H25ClN4O3S2. The number of hydrogen-bond donors (Lipinski definition) is 3. The summed E-state index contributed by atoms with van der Waals surface area (Å²) in [5.41, 5.74) is 0.290. The van der Waals surface area contributed by atoms with Crippen molar-refractivity contribution >= 4 is 40.1 Å². The molecule has 2 unspecified atom stereocenters. The van der Waals surface area contributed by atoms with Crippen LogP contribution in [0.2, 0.25) is 0 Å². The average molecular weight is 409 g/mol. The number of nitrogens with one attached hydrogen (secondary N) is 3. The SMILES string of the molecule is CC1CCNCC1NC(=O)c1cc(S(=O)(=O)N2CCSCC2)c[nH]1.Cl. The molecule has 2 saturated heterocycles. The van der Waals surface area contributed by atoms with E-state index in [-0.39, 0.29) is 34.9 Å². The Morgan fingerprint density at radius 1 is 1.36 bits per heavy atom. The molecule has 25 heavy (non-hydrogen) atoms. The maximum atomic E-state index is 12.6. The summed E-state index contributed by atoms with van der Waals surface area (Å²) in [6, 6.07) is 1.50. The number of aromatic amines is 1. The lowest BCUT2D eigenvalue weighted by atomic mass is 9.95. The second kappa shape index (κ2) is 8.77. The van der Waals surface area contributed by atoms with Crippen LogP contribution in [0.1, 0.15) is 23.8 Å². The number of rotatable bonds is 4. The van der Waals surface area contributed by atoms with Gasteiger partial charge in [-0.15, -0.1) is 12.4 Å². The zero-order chi connectivity index (χ0) is 17.2. The van der Waals surface area contributed by atoms with Crippen LogP contribution < -0.4 is 10.6 Å². The molecule has 3 rings (SSSR count). The number of halogens is 1. The van der Waals surface area contributed by atoms with Gasteiger partial charge in [0.05, 0.1) is 0 Å². The molecule has 3 N–H and O–H groups in total. The van der Waals surface area contributed by atoms with Gasteiger partial charge >= 0.3 is 0 Å². The lowest BCUT2D eigenvalue weighted by Crippen LogP contribution is -2.50.